The van der Waals surface area contributed by atoms with Gasteiger partial charge >= 0.3 is 0 Å². The Morgan fingerprint density at radius 1 is 1.33 bits per heavy atom. The van der Waals surface area contributed by atoms with Gasteiger partial charge in [0.1, 0.15) is 0 Å². The number of benzene rings is 1. The second-order valence-corrected chi connectivity index (χ2v) is 5.80. The summed E-state index contributed by atoms with van der Waals surface area (Å²) in [6.45, 7) is 2.57. The van der Waals surface area contributed by atoms with Gasteiger partial charge in [-0.2, -0.15) is 0 Å². The number of imide groups is 1. The van der Waals surface area contributed by atoms with Crippen LogP contribution in [0.2, 0.25) is 5.02 Å². The minimum absolute atomic E-state index is 0.232. The average molecular weight is 310 g/mol. The van der Waals surface area contributed by atoms with Crippen LogP contribution >= 0.6 is 11.6 Å². The van der Waals surface area contributed by atoms with Crippen LogP contribution in [0, 0.1) is 5.92 Å². The van der Waals surface area contributed by atoms with Crippen molar-refractivity contribution in [3.8, 4) is 0 Å². The van der Waals surface area contributed by atoms with Gasteiger partial charge in [0.25, 0.3) is 5.91 Å². The van der Waals surface area contributed by atoms with Crippen LogP contribution in [0.5, 0.6) is 0 Å². The molecule has 0 spiro atoms. The first kappa shape index (κ1) is 15.9. The Kier molecular flexibility index (Phi) is 5.73. The van der Waals surface area contributed by atoms with E-state index in [4.69, 9.17) is 17.3 Å². The van der Waals surface area contributed by atoms with E-state index in [1.165, 1.54) is 0 Å². The number of rotatable bonds is 4. The molecule has 0 bridgehead atoms. The van der Waals surface area contributed by atoms with E-state index in [1.807, 2.05) is 4.90 Å². The van der Waals surface area contributed by atoms with Crippen molar-refractivity contribution in [2.24, 2.45) is 11.7 Å². The highest BCUT2D eigenvalue weighted by Crippen LogP contribution is 2.14. The molecule has 1 unspecified atom stereocenters. The van der Waals surface area contributed by atoms with Gasteiger partial charge in [0.2, 0.25) is 5.91 Å². The number of hydrogen-bond acceptors (Lipinski definition) is 4. The first-order valence-corrected chi connectivity index (χ1v) is 7.48. The van der Waals surface area contributed by atoms with Crippen LogP contribution in [-0.4, -0.2) is 42.9 Å². The zero-order valence-corrected chi connectivity index (χ0v) is 12.6. The van der Waals surface area contributed by atoms with Gasteiger partial charge in [-0.15, -0.1) is 0 Å². The van der Waals surface area contributed by atoms with Gasteiger partial charge in [0, 0.05) is 17.1 Å². The molecule has 6 heteroatoms. The number of hydrogen-bond donors (Lipinski definition) is 2. The first-order chi connectivity index (χ1) is 10.1. The van der Waals surface area contributed by atoms with E-state index < -0.39 is 5.91 Å². The summed E-state index contributed by atoms with van der Waals surface area (Å²) in [6, 6.07) is 6.43. The molecule has 1 heterocycles. The number of carbonyl (C=O) groups excluding carboxylic acids is 2. The Hall–Kier alpha value is -1.43. The van der Waals surface area contributed by atoms with Crippen molar-refractivity contribution in [2.45, 2.75) is 12.8 Å². The maximum absolute atomic E-state index is 11.9. The molecule has 1 aliphatic heterocycles. The maximum atomic E-state index is 11.9. The highest BCUT2D eigenvalue weighted by molar-refractivity contribution is 6.30. The van der Waals surface area contributed by atoms with Crippen molar-refractivity contribution in [3.63, 3.8) is 0 Å². The van der Waals surface area contributed by atoms with Crippen LogP contribution in [0.25, 0.3) is 0 Å². The number of nitrogens with one attached hydrogen (secondary N) is 1. The second-order valence-electron chi connectivity index (χ2n) is 5.36. The quantitative estimate of drug-likeness (QED) is 0.878. The van der Waals surface area contributed by atoms with Gasteiger partial charge in [-0.25, -0.2) is 0 Å². The highest BCUT2D eigenvalue weighted by atomic mass is 35.5. The standard InChI is InChI=1S/C15H20ClN3O2/c16-13-5-3-12(4-6-13)15(21)18-14(20)10-19-7-1-2-11(8-17)9-19/h3-6,11H,1-2,7-10,17H2,(H,18,20,21). The molecule has 1 atom stereocenters. The fourth-order valence-electron chi connectivity index (χ4n) is 2.53. The summed E-state index contributed by atoms with van der Waals surface area (Å²) in [4.78, 5) is 25.9. The third-order valence-electron chi connectivity index (χ3n) is 3.66. The fourth-order valence-corrected chi connectivity index (χ4v) is 2.66. The monoisotopic (exact) mass is 309 g/mol. The smallest absolute Gasteiger partial charge is 0.257 e. The summed E-state index contributed by atoms with van der Waals surface area (Å²) in [5.41, 5.74) is 6.10. The van der Waals surface area contributed by atoms with Crippen molar-refractivity contribution >= 4 is 23.4 Å². The van der Waals surface area contributed by atoms with E-state index >= 15 is 0 Å². The van der Waals surface area contributed by atoms with Crippen molar-refractivity contribution in [1.82, 2.24) is 10.2 Å². The average Bonchev–Trinajstić information content (AvgIpc) is 2.47. The zero-order chi connectivity index (χ0) is 15.2. The molecule has 2 rings (SSSR count). The van der Waals surface area contributed by atoms with E-state index in [2.05, 4.69) is 5.32 Å². The molecule has 0 radical (unpaired) electrons. The summed E-state index contributed by atoms with van der Waals surface area (Å²) in [5, 5.41) is 2.96. The number of piperidine rings is 1. The number of nitrogens with zero attached hydrogens (tertiary/aromatic N) is 1. The molecule has 1 aromatic rings. The Bertz CT molecular complexity index is 504. The second kappa shape index (κ2) is 7.54. The molecule has 0 aliphatic carbocycles. The van der Waals surface area contributed by atoms with Crippen LogP contribution in [-0.2, 0) is 4.79 Å². The SMILES string of the molecule is NCC1CCCN(CC(=O)NC(=O)c2ccc(Cl)cc2)C1. The van der Waals surface area contributed by atoms with Crippen LogP contribution in [0.3, 0.4) is 0 Å². The zero-order valence-electron chi connectivity index (χ0n) is 11.8. The number of likely N-dealkylation sites (tertiary alicyclic amines) is 1. The van der Waals surface area contributed by atoms with Crippen LogP contribution in [0.4, 0.5) is 0 Å². The van der Waals surface area contributed by atoms with Crippen molar-refractivity contribution in [3.05, 3.63) is 34.9 Å². The molecule has 1 aliphatic rings. The molecule has 2 amide bonds. The molecule has 3 N–H and O–H groups in total. The minimum Gasteiger partial charge on any atom is -0.330 e. The Labute approximate surface area is 129 Å². The van der Waals surface area contributed by atoms with Gasteiger partial charge in [-0.3, -0.25) is 19.8 Å². The molecule has 1 saturated heterocycles. The van der Waals surface area contributed by atoms with Crippen molar-refractivity contribution < 1.29 is 9.59 Å². The van der Waals surface area contributed by atoms with E-state index in [-0.39, 0.29) is 12.5 Å². The van der Waals surface area contributed by atoms with E-state index in [1.54, 1.807) is 24.3 Å². The molecule has 5 nitrogen and oxygen atoms in total. The summed E-state index contributed by atoms with van der Waals surface area (Å²) < 4.78 is 0. The normalized spacial score (nSPS) is 19.2. The lowest BCUT2D eigenvalue weighted by Gasteiger charge is -2.31. The largest absolute Gasteiger partial charge is 0.330 e. The van der Waals surface area contributed by atoms with Crippen molar-refractivity contribution in [2.75, 3.05) is 26.2 Å². The van der Waals surface area contributed by atoms with Crippen LogP contribution in [0.15, 0.2) is 24.3 Å². The summed E-state index contributed by atoms with van der Waals surface area (Å²) in [7, 11) is 0. The van der Waals surface area contributed by atoms with Gasteiger partial charge in [0.15, 0.2) is 0 Å². The van der Waals surface area contributed by atoms with Gasteiger partial charge < -0.3 is 5.73 Å². The van der Waals surface area contributed by atoms with Crippen LogP contribution < -0.4 is 11.1 Å². The molecular weight excluding hydrogens is 290 g/mol. The predicted octanol–water partition coefficient (Wildman–Crippen LogP) is 1.27. The van der Waals surface area contributed by atoms with E-state index in [9.17, 15) is 9.59 Å². The lowest BCUT2D eigenvalue weighted by Crippen LogP contribution is -2.45. The molecule has 1 aromatic carbocycles. The molecule has 21 heavy (non-hydrogen) atoms. The predicted molar refractivity (Wildman–Crippen MR) is 82.1 cm³/mol. The molecule has 0 aromatic heterocycles. The molecule has 114 valence electrons. The lowest BCUT2D eigenvalue weighted by atomic mass is 9.98. The molecule has 1 fully saturated rings. The minimum atomic E-state index is -0.399. The topological polar surface area (TPSA) is 75.4 Å². The van der Waals surface area contributed by atoms with Gasteiger partial charge in [-0.05, 0) is 56.1 Å². The van der Waals surface area contributed by atoms with Crippen LogP contribution in [0.1, 0.15) is 23.2 Å². The van der Waals surface area contributed by atoms with Gasteiger partial charge in [0.05, 0.1) is 6.54 Å². The molecular formula is C15H20ClN3O2. The Morgan fingerprint density at radius 3 is 2.71 bits per heavy atom. The number of nitrogens with two attached hydrogens (primary N) is 1. The first-order valence-electron chi connectivity index (χ1n) is 7.10. The summed E-state index contributed by atoms with van der Waals surface area (Å²) >= 11 is 5.76. The Balaban J connectivity index is 1.83. The number of halogens is 1. The van der Waals surface area contributed by atoms with E-state index in [0.29, 0.717) is 23.0 Å². The van der Waals surface area contributed by atoms with E-state index in [0.717, 1.165) is 25.9 Å². The highest BCUT2D eigenvalue weighted by Gasteiger charge is 2.21. The Morgan fingerprint density at radius 2 is 2.05 bits per heavy atom. The fraction of sp³-hybridized carbons (Fsp3) is 0.467. The third-order valence-corrected chi connectivity index (χ3v) is 3.91. The lowest BCUT2D eigenvalue weighted by molar-refractivity contribution is -0.121. The third kappa shape index (κ3) is 4.81. The summed E-state index contributed by atoms with van der Waals surface area (Å²) in [6.07, 6.45) is 2.15. The van der Waals surface area contributed by atoms with Gasteiger partial charge in [-0.1, -0.05) is 11.6 Å². The number of amides is 2. The van der Waals surface area contributed by atoms with Crippen molar-refractivity contribution in [1.29, 1.82) is 0 Å². The maximum Gasteiger partial charge on any atom is 0.257 e. The number of carbonyl (C=O) groups is 2. The summed E-state index contributed by atoms with van der Waals surface area (Å²) in [5.74, 6) is -0.241. The molecule has 0 saturated carbocycles.